The molecule has 1 aliphatic rings. The van der Waals surface area contributed by atoms with Crippen LogP contribution in [0.2, 0.25) is 0 Å². The van der Waals surface area contributed by atoms with Gasteiger partial charge in [0.15, 0.2) is 5.78 Å². The number of carbonyl (C=O) groups is 1. The third-order valence-electron chi connectivity index (χ3n) is 3.63. The molecule has 0 heterocycles. The second-order valence-corrected chi connectivity index (χ2v) is 5.27. The second kappa shape index (κ2) is 9.44. The fourth-order valence-electron chi connectivity index (χ4n) is 2.54. The predicted octanol–water partition coefficient (Wildman–Crippen LogP) is 5.20. The normalized spacial score (nSPS) is 23.0. The highest BCUT2D eigenvalue weighted by Crippen LogP contribution is 2.18. The van der Waals surface area contributed by atoms with Crippen molar-refractivity contribution in [2.45, 2.75) is 84.0 Å². The molecular weight excluding hydrogens is 208 g/mol. The lowest BCUT2D eigenvalue weighted by molar-refractivity contribution is -0.115. The van der Waals surface area contributed by atoms with E-state index in [-0.39, 0.29) is 0 Å². The number of hydrogen-bond donors (Lipinski definition) is 0. The number of rotatable bonds is 3. The van der Waals surface area contributed by atoms with Gasteiger partial charge in [0, 0.05) is 6.42 Å². The van der Waals surface area contributed by atoms with Crippen LogP contribution in [-0.2, 0) is 4.79 Å². The molecule has 17 heavy (non-hydrogen) atoms. The molecule has 0 saturated heterocycles. The molecule has 0 bridgehead atoms. The van der Waals surface area contributed by atoms with Gasteiger partial charge in [0.25, 0.3) is 0 Å². The molecule has 1 nitrogen and oxygen atoms in total. The number of ketones is 1. The molecule has 0 aromatic carbocycles. The molecule has 0 radical (unpaired) electrons. The van der Waals surface area contributed by atoms with E-state index in [1.54, 1.807) is 0 Å². The summed E-state index contributed by atoms with van der Waals surface area (Å²) in [5.74, 6) is 0.407. The van der Waals surface area contributed by atoms with Crippen molar-refractivity contribution >= 4 is 5.78 Å². The molecule has 1 rings (SSSR count). The minimum atomic E-state index is 0.407. The summed E-state index contributed by atoms with van der Waals surface area (Å²) < 4.78 is 0. The van der Waals surface area contributed by atoms with E-state index in [0.717, 1.165) is 31.3 Å². The molecule has 0 aromatic rings. The quantitative estimate of drug-likeness (QED) is 0.658. The number of carbonyl (C=O) groups excluding carboxylic acids is 1. The van der Waals surface area contributed by atoms with Gasteiger partial charge in [0.05, 0.1) is 0 Å². The van der Waals surface area contributed by atoms with Gasteiger partial charge < -0.3 is 0 Å². The van der Waals surface area contributed by atoms with Crippen LogP contribution in [0.15, 0.2) is 11.6 Å². The van der Waals surface area contributed by atoms with Gasteiger partial charge in [-0.3, -0.25) is 4.79 Å². The highest BCUT2D eigenvalue weighted by Gasteiger charge is 2.08. The summed E-state index contributed by atoms with van der Waals surface area (Å²) in [5.41, 5.74) is 1.13. The molecule has 1 aliphatic carbocycles. The van der Waals surface area contributed by atoms with Crippen LogP contribution in [0.25, 0.3) is 0 Å². The van der Waals surface area contributed by atoms with Crippen LogP contribution < -0.4 is 0 Å². The molecule has 98 valence electrons. The van der Waals surface area contributed by atoms with Crippen molar-refractivity contribution in [3.05, 3.63) is 11.6 Å². The fourth-order valence-corrected chi connectivity index (χ4v) is 2.54. The first-order chi connectivity index (χ1) is 8.34. The Bertz CT molecular complexity index is 240. The van der Waals surface area contributed by atoms with E-state index in [9.17, 15) is 4.79 Å². The van der Waals surface area contributed by atoms with E-state index < -0.39 is 0 Å². The van der Waals surface area contributed by atoms with E-state index in [0.29, 0.717) is 5.78 Å². The Hall–Kier alpha value is -0.590. The Labute approximate surface area is 107 Å². The van der Waals surface area contributed by atoms with Gasteiger partial charge in [0.1, 0.15) is 0 Å². The highest BCUT2D eigenvalue weighted by molar-refractivity contribution is 5.95. The first kappa shape index (κ1) is 14.5. The fraction of sp³-hybridized carbons (Fsp3) is 0.812. The summed E-state index contributed by atoms with van der Waals surface area (Å²) in [7, 11) is 0. The number of allylic oxidation sites excluding steroid dienone is 2. The number of Topliss-reactive ketones (excluding diaryl/α,β-unsaturated/α-hetero) is 1. The van der Waals surface area contributed by atoms with Crippen molar-refractivity contribution in [1.29, 1.82) is 0 Å². The summed E-state index contributed by atoms with van der Waals surface area (Å²) in [4.78, 5) is 11.9. The molecule has 1 heteroatoms. The van der Waals surface area contributed by atoms with Gasteiger partial charge in [-0.2, -0.15) is 0 Å². The lowest BCUT2D eigenvalue weighted by Gasteiger charge is -2.08. The molecule has 0 fully saturated rings. The van der Waals surface area contributed by atoms with Crippen molar-refractivity contribution in [2.75, 3.05) is 0 Å². The Morgan fingerprint density at radius 1 is 1.00 bits per heavy atom. The molecule has 0 atom stereocenters. The molecule has 0 aromatic heterocycles. The maximum absolute atomic E-state index is 11.9. The van der Waals surface area contributed by atoms with Gasteiger partial charge >= 0.3 is 0 Å². The third kappa shape index (κ3) is 6.65. The van der Waals surface area contributed by atoms with Gasteiger partial charge in [-0.1, -0.05) is 51.5 Å². The van der Waals surface area contributed by atoms with E-state index in [1.807, 2.05) is 0 Å². The standard InChI is InChI=1S/C16H28O/c1-2-12-16(17)15-13-10-8-6-4-3-5-7-9-11-14-15/h13H,2-12,14H2,1H3/b15-13+. The minimum absolute atomic E-state index is 0.407. The SMILES string of the molecule is CCCC(=O)/C1=C/CCCCCCCCCC1. The lowest BCUT2D eigenvalue weighted by Crippen LogP contribution is -2.02. The van der Waals surface area contributed by atoms with E-state index in [2.05, 4.69) is 13.0 Å². The van der Waals surface area contributed by atoms with Crippen LogP contribution in [0.1, 0.15) is 84.0 Å². The van der Waals surface area contributed by atoms with Gasteiger partial charge in [-0.25, -0.2) is 0 Å². The Kier molecular flexibility index (Phi) is 8.04. The molecule has 0 saturated carbocycles. The molecule has 0 N–H and O–H groups in total. The molecule has 0 unspecified atom stereocenters. The monoisotopic (exact) mass is 236 g/mol. The van der Waals surface area contributed by atoms with Crippen LogP contribution in [0, 0.1) is 0 Å². The Morgan fingerprint density at radius 2 is 1.59 bits per heavy atom. The van der Waals surface area contributed by atoms with E-state index in [4.69, 9.17) is 0 Å². The van der Waals surface area contributed by atoms with Crippen molar-refractivity contribution in [2.24, 2.45) is 0 Å². The summed E-state index contributed by atoms with van der Waals surface area (Å²) in [5, 5.41) is 0. The third-order valence-corrected chi connectivity index (χ3v) is 3.63. The minimum Gasteiger partial charge on any atom is -0.295 e. The zero-order valence-electron chi connectivity index (χ0n) is 11.5. The van der Waals surface area contributed by atoms with Crippen LogP contribution in [0.5, 0.6) is 0 Å². The topological polar surface area (TPSA) is 17.1 Å². The zero-order chi connectivity index (χ0) is 12.3. The smallest absolute Gasteiger partial charge is 0.158 e. The average Bonchev–Trinajstić information content (AvgIpc) is 2.30. The van der Waals surface area contributed by atoms with Crippen molar-refractivity contribution in [3.8, 4) is 0 Å². The first-order valence-corrected chi connectivity index (χ1v) is 7.57. The van der Waals surface area contributed by atoms with E-state index in [1.165, 1.54) is 51.4 Å². The van der Waals surface area contributed by atoms with E-state index >= 15 is 0 Å². The van der Waals surface area contributed by atoms with Crippen LogP contribution in [0.3, 0.4) is 0 Å². The van der Waals surface area contributed by atoms with Crippen LogP contribution >= 0.6 is 0 Å². The second-order valence-electron chi connectivity index (χ2n) is 5.27. The maximum atomic E-state index is 11.9. The molecular formula is C16H28O. The van der Waals surface area contributed by atoms with Gasteiger partial charge in [-0.15, -0.1) is 0 Å². The molecule has 0 amide bonds. The van der Waals surface area contributed by atoms with Crippen LogP contribution in [-0.4, -0.2) is 5.78 Å². The molecule has 0 aliphatic heterocycles. The summed E-state index contributed by atoms with van der Waals surface area (Å²) in [6.45, 7) is 2.09. The number of hydrogen-bond acceptors (Lipinski definition) is 1. The maximum Gasteiger partial charge on any atom is 0.158 e. The Balaban J connectivity index is 2.47. The summed E-state index contributed by atoms with van der Waals surface area (Å²) in [6, 6.07) is 0. The van der Waals surface area contributed by atoms with Gasteiger partial charge in [0.2, 0.25) is 0 Å². The molecule has 0 spiro atoms. The van der Waals surface area contributed by atoms with Gasteiger partial charge in [-0.05, 0) is 37.7 Å². The van der Waals surface area contributed by atoms with Crippen molar-refractivity contribution in [3.63, 3.8) is 0 Å². The largest absolute Gasteiger partial charge is 0.295 e. The average molecular weight is 236 g/mol. The first-order valence-electron chi connectivity index (χ1n) is 7.57. The Morgan fingerprint density at radius 3 is 2.24 bits per heavy atom. The summed E-state index contributed by atoms with van der Waals surface area (Å²) >= 11 is 0. The zero-order valence-corrected chi connectivity index (χ0v) is 11.5. The van der Waals surface area contributed by atoms with Crippen molar-refractivity contribution in [1.82, 2.24) is 0 Å². The summed E-state index contributed by atoms with van der Waals surface area (Å²) in [6.07, 6.45) is 16.8. The van der Waals surface area contributed by atoms with Crippen molar-refractivity contribution < 1.29 is 4.79 Å². The highest BCUT2D eigenvalue weighted by atomic mass is 16.1. The van der Waals surface area contributed by atoms with Crippen LogP contribution in [0.4, 0.5) is 0 Å². The lowest BCUT2D eigenvalue weighted by atomic mass is 9.96. The predicted molar refractivity (Wildman–Crippen MR) is 74.2 cm³/mol.